The van der Waals surface area contributed by atoms with Crippen LogP contribution in [0.5, 0.6) is 0 Å². The van der Waals surface area contributed by atoms with Gasteiger partial charge in [-0.3, -0.25) is 9.10 Å². The summed E-state index contributed by atoms with van der Waals surface area (Å²) in [6.45, 7) is 5.41. The first-order valence-electron chi connectivity index (χ1n) is 7.72. The summed E-state index contributed by atoms with van der Waals surface area (Å²) in [4.78, 5) is 12.6. The van der Waals surface area contributed by atoms with Gasteiger partial charge < -0.3 is 5.32 Å². The molecule has 0 spiro atoms. The molecule has 25 heavy (non-hydrogen) atoms. The van der Waals surface area contributed by atoms with Gasteiger partial charge in [-0.2, -0.15) is 0 Å². The molecule has 2 rings (SSSR count). The number of nitrogens with one attached hydrogen (secondary N) is 1. The quantitative estimate of drug-likeness (QED) is 0.858. The number of anilines is 2. The van der Waals surface area contributed by atoms with Crippen LogP contribution >= 0.6 is 11.6 Å². The summed E-state index contributed by atoms with van der Waals surface area (Å²) in [7, 11) is -3.65. The number of aryl methyl sites for hydroxylation is 2. The summed E-state index contributed by atoms with van der Waals surface area (Å²) in [5, 5.41) is 3.29. The van der Waals surface area contributed by atoms with Gasteiger partial charge in [-0.1, -0.05) is 29.3 Å². The highest BCUT2D eigenvalue weighted by Crippen LogP contribution is 2.24. The van der Waals surface area contributed by atoms with Crippen LogP contribution in [0.25, 0.3) is 0 Å². The summed E-state index contributed by atoms with van der Waals surface area (Å²) in [6, 6.07) is 11.1. The molecule has 0 unspecified atom stereocenters. The van der Waals surface area contributed by atoms with E-state index in [1.807, 2.05) is 32.0 Å². The van der Waals surface area contributed by atoms with Crippen LogP contribution in [0.4, 0.5) is 11.4 Å². The molecule has 2 aromatic rings. The van der Waals surface area contributed by atoms with Crippen LogP contribution in [0, 0.1) is 13.8 Å². The molecular weight excluding hydrogens is 360 g/mol. The van der Waals surface area contributed by atoms with E-state index in [1.165, 1.54) is 0 Å². The molecule has 0 aliphatic rings. The molecule has 1 amide bonds. The van der Waals surface area contributed by atoms with Crippen LogP contribution in [0.15, 0.2) is 42.5 Å². The lowest BCUT2D eigenvalue weighted by Gasteiger charge is -2.28. The first-order chi connectivity index (χ1) is 11.6. The Morgan fingerprint density at radius 2 is 1.72 bits per heavy atom. The summed E-state index contributed by atoms with van der Waals surface area (Å²) < 4.78 is 25.6. The van der Waals surface area contributed by atoms with Crippen LogP contribution < -0.4 is 9.62 Å². The third kappa shape index (κ3) is 4.74. The SMILES string of the molecule is Cc1ccc(NC(=O)[C@@H](C)N(c2ccc(Cl)cc2)S(C)(=O)=O)c(C)c1. The van der Waals surface area contributed by atoms with Crippen molar-refractivity contribution in [1.29, 1.82) is 0 Å². The van der Waals surface area contributed by atoms with Crippen molar-refractivity contribution in [1.82, 2.24) is 0 Å². The van der Waals surface area contributed by atoms with E-state index in [-0.39, 0.29) is 0 Å². The minimum atomic E-state index is -3.65. The maximum Gasteiger partial charge on any atom is 0.248 e. The number of carbonyl (C=O) groups excluding carboxylic acids is 1. The van der Waals surface area contributed by atoms with Crippen LogP contribution in [-0.2, 0) is 14.8 Å². The third-order valence-corrected chi connectivity index (χ3v) is 5.30. The molecule has 1 N–H and O–H groups in total. The Morgan fingerprint density at radius 3 is 2.24 bits per heavy atom. The van der Waals surface area contributed by atoms with Gasteiger partial charge in [0.15, 0.2) is 0 Å². The highest BCUT2D eigenvalue weighted by atomic mass is 35.5. The molecule has 0 heterocycles. The Hall–Kier alpha value is -2.05. The zero-order valence-electron chi connectivity index (χ0n) is 14.6. The molecule has 1 atom stereocenters. The lowest BCUT2D eigenvalue weighted by Crippen LogP contribution is -2.45. The van der Waals surface area contributed by atoms with Crippen molar-refractivity contribution in [3.05, 3.63) is 58.6 Å². The van der Waals surface area contributed by atoms with E-state index in [1.54, 1.807) is 31.2 Å². The minimum Gasteiger partial charge on any atom is -0.324 e. The van der Waals surface area contributed by atoms with E-state index in [2.05, 4.69) is 5.32 Å². The summed E-state index contributed by atoms with van der Waals surface area (Å²) in [6.07, 6.45) is 1.07. The number of hydrogen-bond donors (Lipinski definition) is 1. The minimum absolute atomic E-state index is 0.384. The highest BCUT2D eigenvalue weighted by molar-refractivity contribution is 7.92. The Bertz CT molecular complexity index is 880. The molecule has 5 nitrogen and oxygen atoms in total. The number of rotatable bonds is 5. The fourth-order valence-electron chi connectivity index (χ4n) is 2.59. The van der Waals surface area contributed by atoms with Crippen molar-refractivity contribution in [3.63, 3.8) is 0 Å². The van der Waals surface area contributed by atoms with Crippen molar-refractivity contribution >= 4 is 38.9 Å². The van der Waals surface area contributed by atoms with Crippen molar-refractivity contribution in [3.8, 4) is 0 Å². The molecule has 7 heteroatoms. The summed E-state index contributed by atoms with van der Waals surface area (Å²) in [5.74, 6) is -0.410. The zero-order valence-corrected chi connectivity index (χ0v) is 16.1. The lowest BCUT2D eigenvalue weighted by atomic mass is 10.1. The van der Waals surface area contributed by atoms with E-state index >= 15 is 0 Å². The maximum atomic E-state index is 12.6. The average Bonchev–Trinajstić information content (AvgIpc) is 2.50. The number of carbonyl (C=O) groups is 1. The summed E-state index contributed by atoms with van der Waals surface area (Å²) >= 11 is 5.86. The first kappa shape index (κ1) is 19.3. The normalized spacial score (nSPS) is 12.5. The lowest BCUT2D eigenvalue weighted by molar-refractivity contribution is -0.116. The molecule has 0 fully saturated rings. The second kappa shape index (κ2) is 7.45. The predicted octanol–water partition coefficient (Wildman–Crippen LogP) is 3.75. The number of amides is 1. The number of hydrogen-bond acceptors (Lipinski definition) is 3. The molecule has 0 radical (unpaired) electrons. The molecule has 0 saturated heterocycles. The monoisotopic (exact) mass is 380 g/mol. The van der Waals surface area contributed by atoms with Crippen LogP contribution in [0.3, 0.4) is 0 Å². The Labute approximate surface area is 153 Å². The van der Waals surface area contributed by atoms with Gasteiger partial charge in [0.1, 0.15) is 6.04 Å². The van der Waals surface area contributed by atoms with Gasteiger partial charge in [0.05, 0.1) is 11.9 Å². The molecule has 2 aromatic carbocycles. The van der Waals surface area contributed by atoms with Crippen LogP contribution in [0.1, 0.15) is 18.1 Å². The number of sulfonamides is 1. The van der Waals surface area contributed by atoms with Crippen LogP contribution in [-0.4, -0.2) is 26.6 Å². The van der Waals surface area contributed by atoms with Gasteiger partial charge in [0, 0.05) is 10.7 Å². The van der Waals surface area contributed by atoms with Gasteiger partial charge in [0.25, 0.3) is 0 Å². The molecular formula is C18H21ClN2O3S. The largest absolute Gasteiger partial charge is 0.324 e. The highest BCUT2D eigenvalue weighted by Gasteiger charge is 2.29. The molecule has 0 aromatic heterocycles. The Morgan fingerprint density at radius 1 is 1.12 bits per heavy atom. The van der Waals surface area contributed by atoms with Crippen molar-refractivity contribution < 1.29 is 13.2 Å². The smallest absolute Gasteiger partial charge is 0.248 e. The molecule has 134 valence electrons. The molecule has 0 saturated carbocycles. The van der Waals surface area contributed by atoms with Gasteiger partial charge in [-0.05, 0) is 56.7 Å². The standard InChI is InChI=1S/C18H21ClN2O3S/c1-12-5-10-17(13(2)11-12)20-18(22)14(3)21(25(4,23)24)16-8-6-15(19)7-9-16/h5-11,14H,1-4H3,(H,20,22)/t14-/m1/s1. The average molecular weight is 381 g/mol. The fraction of sp³-hybridized carbons (Fsp3) is 0.278. The predicted molar refractivity (Wildman–Crippen MR) is 103 cm³/mol. The zero-order chi connectivity index (χ0) is 18.8. The third-order valence-electron chi connectivity index (χ3n) is 3.81. The van der Waals surface area contributed by atoms with Gasteiger partial charge in [-0.15, -0.1) is 0 Å². The summed E-state index contributed by atoms with van der Waals surface area (Å²) in [5.41, 5.74) is 3.04. The first-order valence-corrected chi connectivity index (χ1v) is 9.95. The van der Waals surface area contributed by atoms with E-state index in [4.69, 9.17) is 11.6 Å². The van der Waals surface area contributed by atoms with Crippen molar-refractivity contribution in [2.24, 2.45) is 0 Å². The van der Waals surface area contributed by atoms with Crippen molar-refractivity contribution in [2.75, 3.05) is 15.9 Å². The van der Waals surface area contributed by atoms with E-state index in [0.717, 1.165) is 21.7 Å². The van der Waals surface area contributed by atoms with Crippen molar-refractivity contribution in [2.45, 2.75) is 26.8 Å². The molecule has 0 aliphatic carbocycles. The molecule has 0 aliphatic heterocycles. The van der Waals surface area contributed by atoms with Gasteiger partial charge in [-0.25, -0.2) is 8.42 Å². The topological polar surface area (TPSA) is 66.5 Å². The van der Waals surface area contributed by atoms with E-state index in [0.29, 0.717) is 16.4 Å². The van der Waals surface area contributed by atoms with E-state index in [9.17, 15) is 13.2 Å². The van der Waals surface area contributed by atoms with Gasteiger partial charge >= 0.3 is 0 Å². The molecule has 0 bridgehead atoms. The fourth-order valence-corrected chi connectivity index (χ4v) is 3.89. The Balaban J connectivity index is 2.31. The number of halogens is 1. The van der Waals surface area contributed by atoms with Crippen LogP contribution in [0.2, 0.25) is 5.02 Å². The second-order valence-corrected chi connectivity index (χ2v) is 8.31. The second-order valence-electron chi connectivity index (χ2n) is 6.02. The number of nitrogens with zero attached hydrogens (tertiary/aromatic N) is 1. The Kier molecular flexibility index (Phi) is 5.75. The van der Waals surface area contributed by atoms with E-state index < -0.39 is 22.0 Å². The van der Waals surface area contributed by atoms with Gasteiger partial charge in [0.2, 0.25) is 15.9 Å². The number of benzene rings is 2. The maximum absolute atomic E-state index is 12.6.